The first kappa shape index (κ1) is 28.1. The second-order valence-corrected chi connectivity index (χ2v) is 10.5. The van der Waals surface area contributed by atoms with Crippen molar-refractivity contribution in [3.63, 3.8) is 0 Å². The lowest BCUT2D eigenvalue weighted by Crippen LogP contribution is -2.15. The predicted octanol–water partition coefficient (Wildman–Crippen LogP) is 7.09. The summed E-state index contributed by atoms with van der Waals surface area (Å²) in [7, 11) is 1.53. The summed E-state index contributed by atoms with van der Waals surface area (Å²) in [5, 5.41) is 13.0. The standard InChI is InChI=1S/C27H27F3N2O4S/c1-14(25(34)35)9-18-19(28)10-15(11-20(18)29)24(33)32-26-31-21(13-37-26)16-7-6-8-17(23(16)30)22(36-5)12-27(2,3)4/h6-11,13,22H,12H2,1-5H3,(H,34,35)(H,31,32,33). The van der Waals surface area contributed by atoms with Gasteiger partial charge in [0.05, 0.1) is 11.8 Å². The maximum absolute atomic E-state index is 15.4. The van der Waals surface area contributed by atoms with E-state index in [0.29, 0.717) is 12.0 Å². The second-order valence-electron chi connectivity index (χ2n) is 9.68. The van der Waals surface area contributed by atoms with Crippen molar-refractivity contribution < 1.29 is 32.6 Å². The van der Waals surface area contributed by atoms with Crippen molar-refractivity contribution in [2.45, 2.75) is 40.2 Å². The molecule has 10 heteroatoms. The van der Waals surface area contributed by atoms with E-state index in [1.807, 2.05) is 20.8 Å². The molecule has 1 aromatic heterocycles. The van der Waals surface area contributed by atoms with E-state index in [1.54, 1.807) is 23.6 Å². The lowest BCUT2D eigenvalue weighted by Gasteiger charge is -2.26. The molecule has 0 bridgehead atoms. The van der Waals surface area contributed by atoms with Crippen LogP contribution in [-0.4, -0.2) is 29.1 Å². The summed E-state index contributed by atoms with van der Waals surface area (Å²) in [4.78, 5) is 27.8. The van der Waals surface area contributed by atoms with Crippen LogP contribution in [0.15, 0.2) is 41.3 Å². The zero-order valence-corrected chi connectivity index (χ0v) is 21.8. The Morgan fingerprint density at radius 2 is 1.84 bits per heavy atom. The van der Waals surface area contributed by atoms with Crippen LogP contribution in [0.2, 0.25) is 0 Å². The van der Waals surface area contributed by atoms with Gasteiger partial charge >= 0.3 is 5.97 Å². The molecule has 2 aromatic carbocycles. The number of hydrogen-bond acceptors (Lipinski definition) is 5. The van der Waals surface area contributed by atoms with Crippen LogP contribution in [0.4, 0.5) is 18.3 Å². The summed E-state index contributed by atoms with van der Waals surface area (Å²) in [5.74, 6) is -4.82. The summed E-state index contributed by atoms with van der Waals surface area (Å²) in [5.41, 5.74) is -0.341. The van der Waals surface area contributed by atoms with Crippen molar-refractivity contribution in [2.24, 2.45) is 5.41 Å². The summed E-state index contributed by atoms with van der Waals surface area (Å²) in [6.07, 6.45) is 0.986. The fourth-order valence-electron chi connectivity index (χ4n) is 3.63. The minimum Gasteiger partial charge on any atom is -0.478 e. The SMILES string of the molecule is COC(CC(C)(C)C)c1cccc(-c2csc(NC(=O)c3cc(F)c(C=C(C)C(=O)O)c(F)c3)n2)c1F. The molecule has 0 aliphatic carbocycles. The molecule has 1 atom stereocenters. The first-order valence-electron chi connectivity index (χ1n) is 11.3. The molecule has 3 rings (SSSR count). The van der Waals surface area contributed by atoms with E-state index in [1.165, 1.54) is 14.0 Å². The van der Waals surface area contributed by atoms with Crippen molar-refractivity contribution >= 4 is 34.4 Å². The molecule has 1 amide bonds. The average Bonchev–Trinajstić information content (AvgIpc) is 3.27. The number of methoxy groups -OCH3 is 1. The molecule has 0 saturated heterocycles. The Bertz CT molecular complexity index is 1340. The van der Waals surface area contributed by atoms with Crippen LogP contribution in [0.25, 0.3) is 17.3 Å². The third-order valence-electron chi connectivity index (χ3n) is 5.50. The van der Waals surface area contributed by atoms with E-state index in [-0.39, 0.29) is 32.9 Å². The monoisotopic (exact) mass is 532 g/mol. The third-order valence-corrected chi connectivity index (χ3v) is 6.26. The molecule has 0 spiro atoms. The number of carbonyl (C=O) groups is 2. The normalized spacial score (nSPS) is 12.9. The van der Waals surface area contributed by atoms with Gasteiger partial charge in [0.25, 0.3) is 5.91 Å². The number of amides is 1. The smallest absolute Gasteiger partial charge is 0.331 e. The van der Waals surface area contributed by atoms with Gasteiger partial charge in [-0.1, -0.05) is 32.9 Å². The van der Waals surface area contributed by atoms with Gasteiger partial charge in [-0.15, -0.1) is 11.3 Å². The molecule has 3 aromatic rings. The van der Waals surface area contributed by atoms with Gasteiger partial charge in [0.2, 0.25) is 0 Å². The number of thiazole rings is 1. The number of ether oxygens (including phenoxy) is 1. The lowest BCUT2D eigenvalue weighted by molar-refractivity contribution is -0.132. The van der Waals surface area contributed by atoms with Crippen LogP contribution in [0.1, 0.15) is 61.7 Å². The third kappa shape index (κ3) is 6.84. The van der Waals surface area contributed by atoms with E-state index >= 15 is 4.39 Å². The topological polar surface area (TPSA) is 88.5 Å². The van der Waals surface area contributed by atoms with Crippen LogP contribution in [-0.2, 0) is 9.53 Å². The minimum absolute atomic E-state index is 0.0935. The molecule has 0 radical (unpaired) electrons. The van der Waals surface area contributed by atoms with Gasteiger partial charge < -0.3 is 9.84 Å². The van der Waals surface area contributed by atoms with Crippen LogP contribution >= 0.6 is 11.3 Å². The van der Waals surface area contributed by atoms with E-state index in [2.05, 4.69) is 10.3 Å². The fourth-order valence-corrected chi connectivity index (χ4v) is 4.33. The highest BCUT2D eigenvalue weighted by atomic mass is 32.1. The highest BCUT2D eigenvalue weighted by Gasteiger charge is 2.25. The highest BCUT2D eigenvalue weighted by Crippen LogP contribution is 2.36. The summed E-state index contributed by atoms with van der Waals surface area (Å²) >= 11 is 1.03. The van der Waals surface area contributed by atoms with Crippen LogP contribution in [0.3, 0.4) is 0 Å². The maximum Gasteiger partial charge on any atom is 0.331 e. The van der Waals surface area contributed by atoms with Gasteiger partial charge in [-0.2, -0.15) is 0 Å². The fraction of sp³-hybridized carbons (Fsp3) is 0.296. The van der Waals surface area contributed by atoms with Gasteiger partial charge in [-0.3, -0.25) is 10.1 Å². The van der Waals surface area contributed by atoms with Gasteiger partial charge in [-0.25, -0.2) is 22.9 Å². The maximum atomic E-state index is 15.4. The molecule has 1 unspecified atom stereocenters. The number of aliphatic carboxylic acids is 1. The predicted molar refractivity (Wildman–Crippen MR) is 137 cm³/mol. The van der Waals surface area contributed by atoms with Crippen molar-refractivity contribution in [1.29, 1.82) is 0 Å². The van der Waals surface area contributed by atoms with Crippen molar-refractivity contribution in [2.75, 3.05) is 12.4 Å². The quantitative estimate of drug-likeness (QED) is 0.302. The number of carboxylic acids is 1. The van der Waals surface area contributed by atoms with E-state index in [4.69, 9.17) is 9.84 Å². The number of anilines is 1. The highest BCUT2D eigenvalue weighted by molar-refractivity contribution is 7.14. The molecule has 0 fully saturated rings. The Morgan fingerprint density at radius 3 is 2.41 bits per heavy atom. The summed E-state index contributed by atoms with van der Waals surface area (Å²) in [6, 6.07) is 6.54. The van der Waals surface area contributed by atoms with Crippen molar-refractivity contribution in [1.82, 2.24) is 4.98 Å². The molecule has 2 N–H and O–H groups in total. The van der Waals surface area contributed by atoms with E-state index in [0.717, 1.165) is 29.5 Å². The molecule has 0 aliphatic heterocycles. The van der Waals surface area contributed by atoms with E-state index in [9.17, 15) is 18.4 Å². The Labute approximate surface area is 216 Å². The largest absolute Gasteiger partial charge is 0.478 e. The average molecular weight is 533 g/mol. The van der Waals surface area contributed by atoms with E-state index < -0.39 is 41.0 Å². The molecule has 0 aliphatic rings. The number of nitrogens with zero attached hydrogens (tertiary/aromatic N) is 1. The molecule has 0 saturated carbocycles. The number of nitrogens with one attached hydrogen (secondary N) is 1. The van der Waals surface area contributed by atoms with Crippen LogP contribution in [0.5, 0.6) is 0 Å². The van der Waals surface area contributed by atoms with Gasteiger partial charge in [0, 0.05) is 40.3 Å². The Morgan fingerprint density at radius 1 is 1.19 bits per heavy atom. The van der Waals surface area contributed by atoms with Gasteiger partial charge in [0.15, 0.2) is 5.13 Å². The zero-order valence-electron chi connectivity index (χ0n) is 21.0. The summed E-state index contributed by atoms with van der Waals surface area (Å²) < 4.78 is 49.8. The Hall–Kier alpha value is -3.50. The first-order chi connectivity index (χ1) is 17.3. The van der Waals surface area contributed by atoms with Gasteiger partial charge in [-0.05, 0) is 43.0 Å². The second kappa shape index (κ2) is 11.3. The molecule has 196 valence electrons. The van der Waals surface area contributed by atoms with Crippen molar-refractivity contribution in [3.05, 3.63) is 75.4 Å². The minimum atomic E-state index is -1.32. The van der Waals surface area contributed by atoms with Crippen LogP contribution in [0, 0.1) is 22.9 Å². The number of hydrogen-bond donors (Lipinski definition) is 2. The number of benzene rings is 2. The molecule has 1 heterocycles. The van der Waals surface area contributed by atoms with Crippen LogP contribution < -0.4 is 5.32 Å². The zero-order chi connectivity index (χ0) is 27.5. The molecule has 6 nitrogen and oxygen atoms in total. The lowest BCUT2D eigenvalue weighted by atomic mass is 9.86. The first-order valence-corrected chi connectivity index (χ1v) is 12.2. The number of carboxylic acid groups (broad SMARTS) is 1. The Balaban J connectivity index is 1.84. The van der Waals surface area contributed by atoms with Gasteiger partial charge in [0.1, 0.15) is 17.5 Å². The number of rotatable bonds is 8. The number of carbonyl (C=O) groups excluding carboxylic acids is 1. The Kier molecular flexibility index (Phi) is 8.55. The molecular formula is C27H27F3N2O4S. The van der Waals surface area contributed by atoms with Crippen molar-refractivity contribution in [3.8, 4) is 11.3 Å². The number of halogens is 3. The number of aromatic nitrogens is 1. The molecular weight excluding hydrogens is 505 g/mol. The summed E-state index contributed by atoms with van der Waals surface area (Å²) in [6.45, 7) is 7.31. The molecule has 37 heavy (non-hydrogen) atoms.